The van der Waals surface area contributed by atoms with E-state index in [0.717, 1.165) is 12.8 Å². The number of carboxylic acids is 1. The van der Waals surface area contributed by atoms with Gasteiger partial charge in [-0.3, -0.25) is 9.59 Å². The molecule has 0 aromatic heterocycles. The van der Waals surface area contributed by atoms with Gasteiger partial charge in [-0.25, -0.2) is 4.79 Å². The van der Waals surface area contributed by atoms with Gasteiger partial charge in [0.25, 0.3) is 0 Å². The molecule has 1 saturated carbocycles. The second-order valence-corrected chi connectivity index (χ2v) is 4.00. The summed E-state index contributed by atoms with van der Waals surface area (Å²) in [6.45, 7) is 3.33. The molecule has 7 heteroatoms. The Hall–Kier alpha value is -2.05. The third kappa shape index (κ3) is 4.86. The van der Waals surface area contributed by atoms with Gasteiger partial charge in [0.05, 0.1) is 6.54 Å². The lowest BCUT2D eigenvalue weighted by atomic mass is 10.4. The highest BCUT2D eigenvalue weighted by atomic mass is 16.4. The number of aliphatic carboxylic acids is 1. The minimum absolute atomic E-state index is 0.227. The smallest absolute Gasteiger partial charge is 0.322 e. The fraction of sp³-hybridized carbons (Fsp3) is 0.545. The molecule has 0 aromatic rings. The van der Waals surface area contributed by atoms with Crippen molar-refractivity contribution in [3.8, 4) is 0 Å². The van der Waals surface area contributed by atoms with Gasteiger partial charge in [0.1, 0.15) is 6.54 Å². The SMILES string of the molecule is C=CCN(C(=O)NCC(=O)NCC(=O)O)C1CC1. The normalized spacial score (nSPS) is 13.6. The third-order valence-corrected chi connectivity index (χ3v) is 2.41. The number of nitrogens with one attached hydrogen (secondary N) is 2. The Bertz CT molecular complexity index is 352. The maximum Gasteiger partial charge on any atom is 0.322 e. The largest absolute Gasteiger partial charge is 0.480 e. The van der Waals surface area contributed by atoms with E-state index in [1.165, 1.54) is 0 Å². The highest BCUT2D eigenvalue weighted by molar-refractivity contribution is 5.86. The summed E-state index contributed by atoms with van der Waals surface area (Å²) in [7, 11) is 0. The van der Waals surface area contributed by atoms with Crippen molar-refractivity contribution in [2.75, 3.05) is 19.6 Å². The van der Waals surface area contributed by atoms with E-state index < -0.39 is 18.4 Å². The Morgan fingerprint density at radius 1 is 1.28 bits per heavy atom. The van der Waals surface area contributed by atoms with Crippen LogP contribution in [0, 0.1) is 0 Å². The molecule has 3 N–H and O–H groups in total. The molecule has 1 aliphatic carbocycles. The second-order valence-electron chi connectivity index (χ2n) is 4.00. The van der Waals surface area contributed by atoms with Crippen molar-refractivity contribution in [1.82, 2.24) is 15.5 Å². The Labute approximate surface area is 105 Å². The maximum atomic E-state index is 11.7. The molecular weight excluding hydrogens is 238 g/mol. The topological polar surface area (TPSA) is 98.7 Å². The molecule has 0 heterocycles. The molecule has 0 unspecified atom stereocenters. The van der Waals surface area contributed by atoms with Crippen LogP contribution in [0.3, 0.4) is 0 Å². The lowest BCUT2D eigenvalue weighted by Gasteiger charge is -2.20. The molecule has 1 aliphatic rings. The number of hydrogen-bond acceptors (Lipinski definition) is 3. The molecule has 100 valence electrons. The van der Waals surface area contributed by atoms with E-state index in [0.29, 0.717) is 6.54 Å². The number of rotatable bonds is 7. The molecule has 0 saturated heterocycles. The van der Waals surface area contributed by atoms with Crippen LogP contribution < -0.4 is 10.6 Å². The highest BCUT2D eigenvalue weighted by Crippen LogP contribution is 2.26. The standard InChI is InChI=1S/C11H17N3O4/c1-2-5-14(8-3-4-8)11(18)13-6-9(15)12-7-10(16)17/h2,8H,1,3-7H2,(H,12,15)(H,13,18)(H,16,17). The summed E-state index contributed by atoms with van der Waals surface area (Å²) in [5.41, 5.74) is 0. The highest BCUT2D eigenvalue weighted by Gasteiger charge is 2.31. The first-order valence-corrected chi connectivity index (χ1v) is 5.68. The molecule has 7 nitrogen and oxygen atoms in total. The number of carbonyl (C=O) groups is 3. The summed E-state index contributed by atoms with van der Waals surface area (Å²) in [5.74, 6) is -1.65. The van der Waals surface area contributed by atoms with Gasteiger partial charge < -0.3 is 20.6 Å². The molecule has 0 atom stereocenters. The molecule has 0 aliphatic heterocycles. The summed E-state index contributed by atoms with van der Waals surface area (Å²) in [5, 5.41) is 13.0. The Morgan fingerprint density at radius 2 is 1.94 bits per heavy atom. The summed E-state index contributed by atoms with van der Waals surface area (Å²) in [6, 6.07) is -0.104. The molecule has 0 radical (unpaired) electrons. The zero-order valence-corrected chi connectivity index (χ0v) is 10.0. The first-order valence-electron chi connectivity index (χ1n) is 5.68. The van der Waals surface area contributed by atoms with Gasteiger partial charge >= 0.3 is 12.0 Å². The van der Waals surface area contributed by atoms with E-state index in [-0.39, 0.29) is 18.6 Å². The first kappa shape index (κ1) is 14.0. The van der Waals surface area contributed by atoms with Crippen LogP contribution >= 0.6 is 0 Å². The van der Waals surface area contributed by atoms with Gasteiger partial charge in [-0.2, -0.15) is 0 Å². The van der Waals surface area contributed by atoms with Gasteiger partial charge in [0.2, 0.25) is 5.91 Å². The summed E-state index contributed by atoms with van der Waals surface area (Å²) >= 11 is 0. The van der Waals surface area contributed by atoms with Crippen LogP contribution in [-0.4, -0.2) is 53.6 Å². The minimum Gasteiger partial charge on any atom is -0.480 e. The van der Waals surface area contributed by atoms with Gasteiger partial charge in [0, 0.05) is 12.6 Å². The Morgan fingerprint density at radius 3 is 2.44 bits per heavy atom. The van der Waals surface area contributed by atoms with Crippen molar-refractivity contribution in [3.63, 3.8) is 0 Å². The van der Waals surface area contributed by atoms with Crippen LogP contribution in [0.1, 0.15) is 12.8 Å². The average Bonchev–Trinajstić information content (AvgIpc) is 3.14. The van der Waals surface area contributed by atoms with Crippen LogP contribution in [0.2, 0.25) is 0 Å². The van der Waals surface area contributed by atoms with E-state index in [4.69, 9.17) is 5.11 Å². The quantitative estimate of drug-likeness (QED) is 0.536. The monoisotopic (exact) mass is 255 g/mol. The van der Waals surface area contributed by atoms with Crippen LogP contribution in [0.15, 0.2) is 12.7 Å². The predicted molar refractivity (Wildman–Crippen MR) is 64.0 cm³/mol. The average molecular weight is 255 g/mol. The van der Waals surface area contributed by atoms with Crippen LogP contribution in [0.25, 0.3) is 0 Å². The molecule has 1 fully saturated rings. The van der Waals surface area contributed by atoms with E-state index in [1.54, 1.807) is 11.0 Å². The molecule has 3 amide bonds. The van der Waals surface area contributed by atoms with Crippen molar-refractivity contribution in [3.05, 3.63) is 12.7 Å². The molecule has 18 heavy (non-hydrogen) atoms. The van der Waals surface area contributed by atoms with Crippen molar-refractivity contribution in [1.29, 1.82) is 0 Å². The maximum absolute atomic E-state index is 11.7. The fourth-order valence-corrected chi connectivity index (χ4v) is 1.42. The van der Waals surface area contributed by atoms with E-state index in [2.05, 4.69) is 17.2 Å². The van der Waals surface area contributed by atoms with E-state index >= 15 is 0 Å². The number of hydrogen-bond donors (Lipinski definition) is 3. The first-order chi connectivity index (χ1) is 8.54. The number of nitrogens with zero attached hydrogens (tertiary/aromatic N) is 1. The van der Waals surface area contributed by atoms with Gasteiger partial charge in [-0.15, -0.1) is 6.58 Å². The van der Waals surface area contributed by atoms with E-state index in [9.17, 15) is 14.4 Å². The van der Waals surface area contributed by atoms with Gasteiger partial charge in [-0.1, -0.05) is 6.08 Å². The summed E-state index contributed by atoms with van der Waals surface area (Å²) < 4.78 is 0. The fourth-order valence-electron chi connectivity index (χ4n) is 1.42. The molecule has 1 rings (SSSR count). The van der Waals surface area contributed by atoms with Crippen LogP contribution in [0.4, 0.5) is 4.79 Å². The predicted octanol–water partition coefficient (Wildman–Crippen LogP) is -0.453. The zero-order chi connectivity index (χ0) is 13.5. The Kier molecular flexibility index (Phi) is 5.16. The van der Waals surface area contributed by atoms with E-state index in [1.807, 2.05) is 0 Å². The van der Waals surface area contributed by atoms with Crippen molar-refractivity contribution >= 4 is 17.9 Å². The molecule has 0 bridgehead atoms. The van der Waals surface area contributed by atoms with Crippen LogP contribution in [-0.2, 0) is 9.59 Å². The molecule has 0 aromatic carbocycles. The summed E-state index contributed by atoms with van der Waals surface area (Å²) in [6.07, 6.45) is 3.56. The molecule has 0 spiro atoms. The molecular formula is C11H17N3O4. The van der Waals surface area contributed by atoms with Crippen LogP contribution in [0.5, 0.6) is 0 Å². The number of amides is 3. The number of urea groups is 1. The third-order valence-electron chi connectivity index (χ3n) is 2.41. The van der Waals surface area contributed by atoms with Crippen molar-refractivity contribution in [2.24, 2.45) is 0 Å². The number of carboxylic acid groups (broad SMARTS) is 1. The van der Waals surface area contributed by atoms with Gasteiger partial charge in [0.15, 0.2) is 0 Å². The van der Waals surface area contributed by atoms with Gasteiger partial charge in [-0.05, 0) is 12.8 Å². The second kappa shape index (κ2) is 6.63. The lowest BCUT2D eigenvalue weighted by molar-refractivity contribution is -0.137. The van der Waals surface area contributed by atoms with Crippen molar-refractivity contribution in [2.45, 2.75) is 18.9 Å². The summed E-state index contributed by atoms with van der Waals surface area (Å²) in [4.78, 5) is 34.7. The zero-order valence-electron chi connectivity index (χ0n) is 10.0. The van der Waals surface area contributed by atoms with Crippen molar-refractivity contribution < 1.29 is 19.5 Å². The minimum atomic E-state index is -1.12. The number of carbonyl (C=O) groups excluding carboxylic acids is 2. The Balaban J connectivity index is 2.28. The lowest BCUT2D eigenvalue weighted by Crippen LogP contribution is -2.46.